The van der Waals surface area contributed by atoms with Crippen molar-refractivity contribution in [2.75, 3.05) is 25.4 Å². The van der Waals surface area contributed by atoms with Crippen LogP contribution in [0, 0.1) is 0 Å². The monoisotopic (exact) mass is 235 g/mol. The van der Waals surface area contributed by atoms with Gasteiger partial charge in [0.1, 0.15) is 0 Å². The number of Topliss-reactive ketones (excluding diaryl/α,β-unsaturated/α-hetero) is 1. The van der Waals surface area contributed by atoms with E-state index in [9.17, 15) is 9.59 Å². The van der Waals surface area contributed by atoms with E-state index in [4.69, 9.17) is 5.73 Å². The number of anilines is 1. The summed E-state index contributed by atoms with van der Waals surface area (Å²) in [6.45, 7) is 2.80. The van der Waals surface area contributed by atoms with Gasteiger partial charge in [-0.25, -0.2) is 0 Å². The third-order valence-electron chi connectivity index (χ3n) is 2.19. The fourth-order valence-corrected chi connectivity index (χ4v) is 1.30. The van der Waals surface area contributed by atoms with Crippen molar-refractivity contribution >= 4 is 17.4 Å². The fourth-order valence-electron chi connectivity index (χ4n) is 1.30. The number of hydrogen-bond donors (Lipinski definition) is 3. The van der Waals surface area contributed by atoms with Gasteiger partial charge >= 0.3 is 0 Å². The Morgan fingerprint density at radius 3 is 2.41 bits per heavy atom. The molecule has 17 heavy (non-hydrogen) atoms. The average molecular weight is 235 g/mol. The maximum absolute atomic E-state index is 11.7. The van der Waals surface area contributed by atoms with Gasteiger partial charge in [-0.15, -0.1) is 0 Å². The van der Waals surface area contributed by atoms with E-state index < -0.39 is 0 Å². The van der Waals surface area contributed by atoms with Gasteiger partial charge in [0.05, 0.1) is 6.54 Å². The summed E-state index contributed by atoms with van der Waals surface area (Å²) in [4.78, 5) is 22.2. The molecule has 1 amide bonds. The van der Waals surface area contributed by atoms with Gasteiger partial charge in [0.25, 0.3) is 0 Å². The molecule has 0 radical (unpaired) electrons. The van der Waals surface area contributed by atoms with Gasteiger partial charge in [-0.2, -0.15) is 0 Å². The first-order valence-corrected chi connectivity index (χ1v) is 5.43. The Bertz CT molecular complexity index is 387. The highest BCUT2D eigenvalue weighted by molar-refractivity contribution is 5.97. The van der Waals surface area contributed by atoms with Gasteiger partial charge in [0.2, 0.25) is 5.91 Å². The van der Waals surface area contributed by atoms with E-state index in [2.05, 4.69) is 10.6 Å². The Morgan fingerprint density at radius 1 is 1.18 bits per heavy atom. The van der Waals surface area contributed by atoms with E-state index in [-0.39, 0.29) is 18.2 Å². The minimum Gasteiger partial charge on any atom is -0.399 e. The molecule has 4 N–H and O–H groups in total. The number of nitrogen functional groups attached to an aromatic ring is 1. The fraction of sp³-hybridized carbons (Fsp3) is 0.333. The molecule has 0 saturated carbocycles. The minimum absolute atomic E-state index is 0.00725. The van der Waals surface area contributed by atoms with Crippen LogP contribution in [0.4, 0.5) is 5.69 Å². The summed E-state index contributed by atoms with van der Waals surface area (Å²) in [5, 5.41) is 5.60. The van der Waals surface area contributed by atoms with Crippen LogP contribution in [0.2, 0.25) is 0 Å². The molecule has 0 atom stereocenters. The number of nitrogens with one attached hydrogen (secondary N) is 2. The van der Waals surface area contributed by atoms with Crippen molar-refractivity contribution in [2.45, 2.75) is 6.92 Å². The van der Waals surface area contributed by atoms with Crippen molar-refractivity contribution in [2.24, 2.45) is 0 Å². The lowest BCUT2D eigenvalue weighted by atomic mass is 10.1. The Balaban J connectivity index is 2.25. The zero-order valence-corrected chi connectivity index (χ0v) is 9.82. The van der Waals surface area contributed by atoms with E-state index in [1.807, 2.05) is 0 Å². The molecule has 0 saturated heterocycles. The molecule has 0 aromatic heterocycles. The van der Waals surface area contributed by atoms with Crippen molar-refractivity contribution in [3.05, 3.63) is 29.8 Å². The van der Waals surface area contributed by atoms with E-state index in [1.165, 1.54) is 6.92 Å². The first kappa shape index (κ1) is 13.2. The van der Waals surface area contributed by atoms with Gasteiger partial charge in [-0.05, 0) is 24.3 Å². The molecule has 5 heteroatoms. The number of carbonyl (C=O) groups is 2. The number of carbonyl (C=O) groups excluding carboxylic acids is 2. The van der Waals surface area contributed by atoms with Crippen molar-refractivity contribution in [3.8, 4) is 0 Å². The molecular weight excluding hydrogens is 218 g/mol. The Labute approximate surface area is 100 Å². The molecule has 0 heterocycles. The zero-order valence-electron chi connectivity index (χ0n) is 9.82. The summed E-state index contributed by atoms with van der Waals surface area (Å²) >= 11 is 0. The SMILES string of the molecule is CC(=O)NCCNCC(=O)c1ccc(N)cc1. The number of rotatable bonds is 6. The molecule has 1 rings (SSSR count). The van der Waals surface area contributed by atoms with E-state index in [1.54, 1.807) is 24.3 Å². The summed E-state index contributed by atoms with van der Waals surface area (Å²) in [7, 11) is 0. The van der Waals surface area contributed by atoms with E-state index in [0.717, 1.165) is 0 Å². The summed E-state index contributed by atoms with van der Waals surface area (Å²) in [6.07, 6.45) is 0. The Kier molecular flexibility index (Phi) is 5.16. The van der Waals surface area contributed by atoms with Crippen molar-refractivity contribution in [1.82, 2.24) is 10.6 Å². The van der Waals surface area contributed by atoms with Crippen LogP contribution in [0.3, 0.4) is 0 Å². The standard InChI is InChI=1S/C12H17N3O2/c1-9(16)15-7-6-14-8-12(17)10-2-4-11(13)5-3-10/h2-5,14H,6-8,13H2,1H3,(H,15,16). The number of hydrogen-bond acceptors (Lipinski definition) is 4. The molecule has 0 aliphatic rings. The smallest absolute Gasteiger partial charge is 0.216 e. The first-order valence-electron chi connectivity index (χ1n) is 5.43. The van der Waals surface area contributed by atoms with Crippen molar-refractivity contribution in [3.63, 3.8) is 0 Å². The number of nitrogens with two attached hydrogens (primary N) is 1. The molecule has 0 fully saturated rings. The molecule has 1 aromatic carbocycles. The molecule has 92 valence electrons. The zero-order chi connectivity index (χ0) is 12.7. The highest BCUT2D eigenvalue weighted by Gasteiger charge is 2.04. The quantitative estimate of drug-likeness (QED) is 0.373. The Morgan fingerprint density at radius 2 is 1.82 bits per heavy atom. The lowest BCUT2D eigenvalue weighted by Gasteiger charge is -2.05. The maximum Gasteiger partial charge on any atom is 0.216 e. The average Bonchev–Trinajstić information content (AvgIpc) is 2.29. The molecular formula is C12H17N3O2. The molecule has 0 aliphatic carbocycles. The second-order valence-electron chi connectivity index (χ2n) is 3.70. The van der Waals surface area contributed by atoms with Crippen LogP contribution in [-0.4, -0.2) is 31.3 Å². The normalized spacial score (nSPS) is 9.94. The lowest BCUT2D eigenvalue weighted by Crippen LogP contribution is -2.32. The summed E-state index contributed by atoms with van der Waals surface area (Å²) in [6, 6.07) is 6.80. The maximum atomic E-state index is 11.7. The molecule has 0 bridgehead atoms. The van der Waals surface area contributed by atoms with Crippen LogP contribution < -0.4 is 16.4 Å². The highest BCUT2D eigenvalue weighted by Crippen LogP contribution is 2.05. The second-order valence-corrected chi connectivity index (χ2v) is 3.70. The van der Waals surface area contributed by atoms with Crippen LogP contribution in [0.15, 0.2) is 24.3 Å². The summed E-state index contributed by atoms with van der Waals surface area (Å²) in [5.41, 5.74) is 6.80. The molecule has 1 aromatic rings. The van der Waals surface area contributed by atoms with Crippen LogP contribution in [-0.2, 0) is 4.79 Å². The van der Waals surface area contributed by atoms with Crippen LogP contribution >= 0.6 is 0 Å². The lowest BCUT2D eigenvalue weighted by molar-refractivity contribution is -0.118. The summed E-state index contributed by atoms with van der Waals surface area (Å²) < 4.78 is 0. The number of ketones is 1. The van der Waals surface area contributed by atoms with Gasteiger partial charge in [-0.1, -0.05) is 0 Å². The van der Waals surface area contributed by atoms with Gasteiger partial charge in [0, 0.05) is 31.3 Å². The predicted octanol–water partition coefficient (Wildman–Crippen LogP) is 0.177. The van der Waals surface area contributed by atoms with Gasteiger partial charge < -0.3 is 16.4 Å². The largest absolute Gasteiger partial charge is 0.399 e. The first-order chi connectivity index (χ1) is 8.09. The molecule has 0 spiro atoms. The van der Waals surface area contributed by atoms with Crippen LogP contribution in [0.5, 0.6) is 0 Å². The number of benzene rings is 1. The molecule has 0 unspecified atom stereocenters. The highest BCUT2D eigenvalue weighted by atomic mass is 16.1. The number of amides is 1. The minimum atomic E-state index is -0.0725. The summed E-state index contributed by atoms with van der Waals surface area (Å²) in [5.74, 6) is -0.0653. The van der Waals surface area contributed by atoms with Crippen LogP contribution in [0.1, 0.15) is 17.3 Å². The van der Waals surface area contributed by atoms with E-state index in [0.29, 0.717) is 24.3 Å². The van der Waals surface area contributed by atoms with Crippen molar-refractivity contribution in [1.29, 1.82) is 0 Å². The Hall–Kier alpha value is -1.88. The third kappa shape index (κ3) is 5.12. The van der Waals surface area contributed by atoms with Gasteiger partial charge in [-0.3, -0.25) is 9.59 Å². The van der Waals surface area contributed by atoms with E-state index >= 15 is 0 Å². The van der Waals surface area contributed by atoms with Gasteiger partial charge in [0.15, 0.2) is 5.78 Å². The van der Waals surface area contributed by atoms with Crippen molar-refractivity contribution < 1.29 is 9.59 Å². The molecule has 5 nitrogen and oxygen atoms in total. The van der Waals surface area contributed by atoms with Crippen LogP contribution in [0.25, 0.3) is 0 Å². The topological polar surface area (TPSA) is 84.2 Å². The molecule has 0 aliphatic heterocycles. The second kappa shape index (κ2) is 6.65. The third-order valence-corrected chi connectivity index (χ3v) is 2.19. The predicted molar refractivity (Wildman–Crippen MR) is 66.7 cm³/mol.